The van der Waals surface area contributed by atoms with Gasteiger partial charge < -0.3 is 9.84 Å². The van der Waals surface area contributed by atoms with Crippen molar-refractivity contribution in [1.82, 2.24) is 9.78 Å². The van der Waals surface area contributed by atoms with E-state index in [1.807, 2.05) is 25.2 Å². The Morgan fingerprint density at radius 2 is 2.18 bits per heavy atom. The minimum absolute atomic E-state index is 0.0866. The van der Waals surface area contributed by atoms with Gasteiger partial charge in [0.1, 0.15) is 5.75 Å². The summed E-state index contributed by atoms with van der Waals surface area (Å²) < 4.78 is 6.98. The fourth-order valence-corrected chi connectivity index (χ4v) is 1.91. The lowest BCUT2D eigenvalue weighted by atomic mass is 10.1. The van der Waals surface area contributed by atoms with Gasteiger partial charge in [0.25, 0.3) is 0 Å². The van der Waals surface area contributed by atoms with Crippen LogP contribution in [0.4, 0.5) is 0 Å². The number of hydrogen-bond donors (Lipinski definition) is 1. The molecule has 0 aliphatic heterocycles. The van der Waals surface area contributed by atoms with E-state index in [0.29, 0.717) is 10.7 Å². The maximum atomic E-state index is 9.07. The molecule has 5 heteroatoms. The molecule has 0 amide bonds. The van der Waals surface area contributed by atoms with Crippen molar-refractivity contribution in [3.8, 4) is 17.0 Å². The molecule has 1 aromatic carbocycles. The highest BCUT2D eigenvalue weighted by Gasteiger charge is 2.12. The Kier molecular flexibility index (Phi) is 3.36. The van der Waals surface area contributed by atoms with Crippen molar-refractivity contribution in [2.75, 3.05) is 7.11 Å². The monoisotopic (exact) mass is 252 g/mol. The molecule has 4 nitrogen and oxygen atoms in total. The first-order chi connectivity index (χ1) is 8.15. The molecule has 2 aromatic rings. The van der Waals surface area contributed by atoms with Crippen LogP contribution in [-0.4, -0.2) is 22.0 Å². The van der Waals surface area contributed by atoms with Crippen molar-refractivity contribution in [3.63, 3.8) is 0 Å². The second kappa shape index (κ2) is 4.77. The topological polar surface area (TPSA) is 47.3 Å². The van der Waals surface area contributed by atoms with E-state index in [4.69, 9.17) is 21.4 Å². The number of halogens is 1. The van der Waals surface area contributed by atoms with Crippen LogP contribution < -0.4 is 4.74 Å². The van der Waals surface area contributed by atoms with Gasteiger partial charge in [0.15, 0.2) is 0 Å². The van der Waals surface area contributed by atoms with E-state index in [0.717, 1.165) is 17.0 Å². The summed E-state index contributed by atoms with van der Waals surface area (Å²) in [5.74, 6) is 0.724. The maximum absolute atomic E-state index is 9.07. The molecule has 0 aliphatic rings. The second-order valence-corrected chi connectivity index (χ2v) is 4.08. The molecule has 2 rings (SSSR count). The van der Waals surface area contributed by atoms with Gasteiger partial charge in [-0.15, -0.1) is 0 Å². The zero-order valence-corrected chi connectivity index (χ0v) is 10.4. The number of aryl methyl sites for hydroxylation is 1. The Morgan fingerprint density at radius 3 is 2.76 bits per heavy atom. The number of hydrogen-bond acceptors (Lipinski definition) is 3. The molecule has 90 valence electrons. The molecule has 0 atom stereocenters. The van der Waals surface area contributed by atoms with Gasteiger partial charge in [-0.3, -0.25) is 4.68 Å². The predicted octanol–water partition coefficient (Wildman–Crippen LogP) is 2.24. The summed E-state index contributed by atoms with van der Waals surface area (Å²) in [4.78, 5) is 0. The van der Waals surface area contributed by atoms with E-state index in [1.54, 1.807) is 17.9 Å². The third-order valence-corrected chi connectivity index (χ3v) is 2.76. The number of nitrogens with zero attached hydrogens (tertiary/aromatic N) is 2. The summed E-state index contributed by atoms with van der Waals surface area (Å²) in [5.41, 5.74) is 2.33. The molecule has 0 radical (unpaired) electrons. The number of aliphatic hydroxyl groups is 1. The van der Waals surface area contributed by atoms with Crippen molar-refractivity contribution < 1.29 is 9.84 Å². The van der Waals surface area contributed by atoms with Gasteiger partial charge in [-0.25, -0.2) is 0 Å². The zero-order valence-electron chi connectivity index (χ0n) is 9.64. The zero-order chi connectivity index (χ0) is 12.4. The average Bonchev–Trinajstić information content (AvgIpc) is 2.70. The molecular formula is C12H13ClN2O2. The highest BCUT2D eigenvalue weighted by atomic mass is 35.5. The standard InChI is InChI=1S/C12H13ClN2O2/c1-15-11(6-9(7-16)14-15)10-5-8(13)3-4-12(10)17-2/h3-6,16H,7H2,1-2H3. The average molecular weight is 253 g/mol. The van der Waals surface area contributed by atoms with Crippen molar-refractivity contribution in [1.29, 1.82) is 0 Å². The fraction of sp³-hybridized carbons (Fsp3) is 0.250. The minimum Gasteiger partial charge on any atom is -0.496 e. The SMILES string of the molecule is COc1ccc(Cl)cc1-c1cc(CO)nn1C. The minimum atomic E-state index is -0.0866. The first-order valence-electron chi connectivity index (χ1n) is 5.13. The van der Waals surface area contributed by atoms with Crippen molar-refractivity contribution >= 4 is 11.6 Å². The molecule has 0 unspecified atom stereocenters. The van der Waals surface area contributed by atoms with Gasteiger partial charge >= 0.3 is 0 Å². The van der Waals surface area contributed by atoms with E-state index in [2.05, 4.69) is 5.10 Å². The lowest BCUT2D eigenvalue weighted by molar-refractivity contribution is 0.275. The first kappa shape index (κ1) is 12.0. The van der Waals surface area contributed by atoms with Crippen LogP contribution in [-0.2, 0) is 13.7 Å². The molecule has 0 spiro atoms. The van der Waals surface area contributed by atoms with Gasteiger partial charge in [0.05, 0.1) is 25.1 Å². The number of rotatable bonds is 3. The fourth-order valence-electron chi connectivity index (χ4n) is 1.74. The van der Waals surface area contributed by atoms with Crippen molar-refractivity contribution in [3.05, 3.63) is 35.0 Å². The van der Waals surface area contributed by atoms with Crippen LogP contribution in [0.1, 0.15) is 5.69 Å². The summed E-state index contributed by atoms with van der Waals surface area (Å²) in [6, 6.07) is 7.21. The van der Waals surface area contributed by atoms with Crippen LogP contribution in [0.2, 0.25) is 5.02 Å². The Labute approximate surface area is 104 Å². The Balaban J connectivity index is 2.58. The van der Waals surface area contributed by atoms with Crippen LogP contribution in [0.3, 0.4) is 0 Å². The van der Waals surface area contributed by atoms with Crippen LogP contribution in [0.15, 0.2) is 24.3 Å². The summed E-state index contributed by atoms with van der Waals surface area (Å²) >= 11 is 5.98. The number of aliphatic hydroxyl groups excluding tert-OH is 1. The molecule has 17 heavy (non-hydrogen) atoms. The van der Waals surface area contributed by atoms with E-state index in [-0.39, 0.29) is 6.61 Å². The van der Waals surface area contributed by atoms with Gasteiger partial charge in [0, 0.05) is 17.6 Å². The van der Waals surface area contributed by atoms with Gasteiger partial charge in [-0.05, 0) is 24.3 Å². The number of methoxy groups -OCH3 is 1. The molecular weight excluding hydrogens is 240 g/mol. The number of aromatic nitrogens is 2. The van der Waals surface area contributed by atoms with Gasteiger partial charge in [-0.1, -0.05) is 11.6 Å². The summed E-state index contributed by atoms with van der Waals surface area (Å²) in [6.45, 7) is -0.0866. The summed E-state index contributed by atoms with van der Waals surface area (Å²) in [5, 5.41) is 13.9. The van der Waals surface area contributed by atoms with Crippen LogP contribution >= 0.6 is 11.6 Å². The van der Waals surface area contributed by atoms with E-state index in [1.165, 1.54) is 0 Å². The molecule has 1 aromatic heterocycles. The largest absolute Gasteiger partial charge is 0.496 e. The third-order valence-electron chi connectivity index (χ3n) is 2.53. The Bertz CT molecular complexity index is 537. The maximum Gasteiger partial charge on any atom is 0.128 e. The quantitative estimate of drug-likeness (QED) is 0.911. The highest BCUT2D eigenvalue weighted by molar-refractivity contribution is 6.30. The van der Waals surface area contributed by atoms with Crippen molar-refractivity contribution in [2.45, 2.75) is 6.61 Å². The lowest BCUT2D eigenvalue weighted by Gasteiger charge is -2.08. The molecule has 0 bridgehead atoms. The normalized spacial score (nSPS) is 10.6. The Morgan fingerprint density at radius 1 is 1.41 bits per heavy atom. The van der Waals surface area contributed by atoms with Crippen LogP contribution in [0, 0.1) is 0 Å². The first-order valence-corrected chi connectivity index (χ1v) is 5.51. The van der Waals surface area contributed by atoms with E-state index < -0.39 is 0 Å². The molecule has 1 heterocycles. The van der Waals surface area contributed by atoms with Crippen LogP contribution in [0.5, 0.6) is 5.75 Å². The van der Waals surface area contributed by atoms with Gasteiger partial charge in [-0.2, -0.15) is 5.10 Å². The number of ether oxygens (including phenoxy) is 1. The van der Waals surface area contributed by atoms with Crippen LogP contribution in [0.25, 0.3) is 11.3 Å². The van der Waals surface area contributed by atoms with Gasteiger partial charge in [0.2, 0.25) is 0 Å². The smallest absolute Gasteiger partial charge is 0.128 e. The molecule has 1 N–H and O–H groups in total. The number of benzene rings is 1. The molecule has 0 saturated carbocycles. The van der Waals surface area contributed by atoms with E-state index >= 15 is 0 Å². The highest BCUT2D eigenvalue weighted by Crippen LogP contribution is 2.32. The Hall–Kier alpha value is -1.52. The van der Waals surface area contributed by atoms with Crippen molar-refractivity contribution in [2.24, 2.45) is 7.05 Å². The van der Waals surface area contributed by atoms with E-state index in [9.17, 15) is 0 Å². The second-order valence-electron chi connectivity index (χ2n) is 3.65. The summed E-state index contributed by atoms with van der Waals surface area (Å²) in [6.07, 6.45) is 0. The molecule has 0 aliphatic carbocycles. The third kappa shape index (κ3) is 2.28. The summed E-state index contributed by atoms with van der Waals surface area (Å²) in [7, 11) is 3.42. The lowest BCUT2D eigenvalue weighted by Crippen LogP contribution is -1.96. The molecule has 0 saturated heterocycles. The predicted molar refractivity (Wildman–Crippen MR) is 66.1 cm³/mol. The molecule has 0 fully saturated rings.